The normalized spacial score (nSPS) is 15.7. The third-order valence-electron chi connectivity index (χ3n) is 3.23. The Morgan fingerprint density at radius 2 is 1.95 bits per heavy atom. The summed E-state index contributed by atoms with van der Waals surface area (Å²) in [4.78, 5) is 17.3. The number of nitrogens with two attached hydrogens (primary N) is 1. The topological polar surface area (TPSA) is 59.2 Å². The van der Waals surface area contributed by atoms with Crippen molar-refractivity contribution in [3.05, 3.63) is 21.3 Å². The van der Waals surface area contributed by atoms with E-state index in [1.54, 1.807) is 0 Å². The number of carbonyl (C=O) groups is 1. The molecular weight excluding hydrogens is 309 g/mol. The highest BCUT2D eigenvalue weighted by Crippen LogP contribution is 2.35. The van der Waals surface area contributed by atoms with E-state index in [4.69, 9.17) is 40.5 Å². The Bertz CT molecular complexity index is 489. The second kappa shape index (κ2) is 6.16. The molecule has 1 aliphatic rings. The first kappa shape index (κ1) is 14.7. The number of rotatable bonds is 4. The van der Waals surface area contributed by atoms with Crippen LogP contribution in [0.25, 0.3) is 0 Å². The predicted molar refractivity (Wildman–Crippen MR) is 78.1 cm³/mol. The number of amides is 1. The van der Waals surface area contributed by atoms with Crippen LogP contribution in [0.15, 0.2) is 6.07 Å². The molecule has 2 N–H and O–H groups in total. The molecule has 1 aromatic rings. The fourth-order valence-electron chi connectivity index (χ4n) is 2.40. The van der Waals surface area contributed by atoms with Crippen molar-refractivity contribution in [3.63, 3.8) is 0 Å². The van der Waals surface area contributed by atoms with E-state index in [0.717, 1.165) is 25.7 Å². The first-order valence-electron chi connectivity index (χ1n) is 6.05. The van der Waals surface area contributed by atoms with Gasteiger partial charge in [0.1, 0.15) is 11.0 Å². The second-order valence-corrected chi connectivity index (χ2v) is 5.77. The summed E-state index contributed by atoms with van der Waals surface area (Å²) < 4.78 is 0. The van der Waals surface area contributed by atoms with Crippen molar-refractivity contribution >= 4 is 46.5 Å². The number of primary amides is 1. The van der Waals surface area contributed by atoms with Gasteiger partial charge in [-0.25, -0.2) is 4.98 Å². The number of hydrogen-bond acceptors (Lipinski definition) is 3. The highest BCUT2D eigenvalue weighted by Gasteiger charge is 2.27. The van der Waals surface area contributed by atoms with Gasteiger partial charge < -0.3 is 10.6 Å². The van der Waals surface area contributed by atoms with E-state index in [1.807, 2.05) is 4.90 Å². The summed E-state index contributed by atoms with van der Waals surface area (Å²) in [6, 6.07) is 1.76. The largest absolute Gasteiger partial charge is 0.368 e. The van der Waals surface area contributed by atoms with Crippen molar-refractivity contribution in [2.24, 2.45) is 5.73 Å². The summed E-state index contributed by atoms with van der Waals surface area (Å²) in [6.45, 7) is 0.0787. The summed E-state index contributed by atoms with van der Waals surface area (Å²) in [5, 5.41) is 0.844. The fraction of sp³-hybridized carbons (Fsp3) is 0.500. The molecule has 0 unspecified atom stereocenters. The van der Waals surface area contributed by atoms with E-state index in [2.05, 4.69) is 4.98 Å². The van der Waals surface area contributed by atoms with E-state index in [-0.39, 0.29) is 17.7 Å². The van der Waals surface area contributed by atoms with Crippen LogP contribution in [0.5, 0.6) is 0 Å². The van der Waals surface area contributed by atoms with Crippen LogP contribution in [0.1, 0.15) is 25.7 Å². The molecule has 7 heteroatoms. The zero-order valence-electron chi connectivity index (χ0n) is 10.2. The van der Waals surface area contributed by atoms with Crippen molar-refractivity contribution in [2.75, 3.05) is 11.4 Å². The Labute approximate surface area is 126 Å². The molecule has 0 spiro atoms. The zero-order chi connectivity index (χ0) is 14.0. The lowest BCUT2D eigenvalue weighted by Crippen LogP contribution is -2.40. The van der Waals surface area contributed by atoms with E-state index < -0.39 is 5.91 Å². The number of anilines is 1. The minimum atomic E-state index is -0.421. The summed E-state index contributed by atoms with van der Waals surface area (Å²) in [7, 11) is 0. The van der Waals surface area contributed by atoms with Gasteiger partial charge in [-0.2, -0.15) is 0 Å². The average Bonchev–Trinajstić information content (AvgIpc) is 2.84. The molecule has 0 saturated heterocycles. The molecule has 1 amide bonds. The van der Waals surface area contributed by atoms with Crippen LogP contribution >= 0.6 is 34.8 Å². The quantitative estimate of drug-likeness (QED) is 0.865. The van der Waals surface area contributed by atoms with Gasteiger partial charge in [0.25, 0.3) is 0 Å². The number of halogens is 3. The van der Waals surface area contributed by atoms with Gasteiger partial charge in [-0.3, -0.25) is 4.79 Å². The predicted octanol–water partition coefficient (Wildman–Crippen LogP) is 3.28. The van der Waals surface area contributed by atoms with Crippen molar-refractivity contribution in [3.8, 4) is 0 Å². The second-order valence-electron chi connectivity index (χ2n) is 4.60. The first-order valence-corrected chi connectivity index (χ1v) is 7.19. The van der Waals surface area contributed by atoms with Crippen LogP contribution in [0.3, 0.4) is 0 Å². The monoisotopic (exact) mass is 321 g/mol. The van der Waals surface area contributed by atoms with Crippen LogP contribution < -0.4 is 10.6 Å². The summed E-state index contributed by atoms with van der Waals surface area (Å²) >= 11 is 18.0. The molecule has 0 aliphatic heterocycles. The molecular formula is C12H14Cl3N3O. The fourth-order valence-corrected chi connectivity index (χ4v) is 3.00. The standard InChI is InChI=1S/C12H14Cl3N3O/c13-8-5-9(14)12(17-11(8)15)18(6-10(16)19)7-3-1-2-4-7/h5,7H,1-4,6H2,(H2,16,19). The number of nitrogens with zero attached hydrogens (tertiary/aromatic N) is 2. The van der Waals surface area contributed by atoms with Gasteiger partial charge in [0.05, 0.1) is 16.6 Å². The Balaban J connectivity index is 2.36. The van der Waals surface area contributed by atoms with E-state index in [9.17, 15) is 4.79 Å². The molecule has 0 aromatic carbocycles. The maximum absolute atomic E-state index is 11.3. The Hall–Kier alpha value is -0.710. The minimum Gasteiger partial charge on any atom is -0.368 e. The Morgan fingerprint density at radius 1 is 1.32 bits per heavy atom. The van der Waals surface area contributed by atoms with Crippen molar-refractivity contribution in [2.45, 2.75) is 31.7 Å². The summed E-state index contributed by atoms with van der Waals surface area (Å²) in [6.07, 6.45) is 4.23. The van der Waals surface area contributed by atoms with Gasteiger partial charge in [0, 0.05) is 6.04 Å². The molecule has 0 bridgehead atoms. The lowest BCUT2D eigenvalue weighted by molar-refractivity contribution is -0.116. The SMILES string of the molecule is NC(=O)CN(c1nc(Cl)c(Cl)cc1Cl)C1CCCC1. The van der Waals surface area contributed by atoms with Gasteiger partial charge in [-0.05, 0) is 18.9 Å². The van der Waals surface area contributed by atoms with Crippen LogP contribution in [-0.4, -0.2) is 23.5 Å². The molecule has 1 aromatic heterocycles. The van der Waals surface area contributed by atoms with E-state index in [0.29, 0.717) is 15.9 Å². The van der Waals surface area contributed by atoms with Crippen LogP contribution in [0.4, 0.5) is 5.82 Å². The molecule has 1 aliphatic carbocycles. The number of pyridine rings is 1. The van der Waals surface area contributed by atoms with E-state index >= 15 is 0 Å². The maximum Gasteiger partial charge on any atom is 0.237 e. The van der Waals surface area contributed by atoms with Gasteiger partial charge in [-0.15, -0.1) is 0 Å². The average molecular weight is 323 g/mol. The maximum atomic E-state index is 11.3. The molecule has 1 fully saturated rings. The van der Waals surface area contributed by atoms with Gasteiger partial charge >= 0.3 is 0 Å². The smallest absolute Gasteiger partial charge is 0.237 e. The summed E-state index contributed by atoms with van der Waals surface area (Å²) in [5.41, 5.74) is 5.31. The van der Waals surface area contributed by atoms with Crippen LogP contribution in [0.2, 0.25) is 15.2 Å². The van der Waals surface area contributed by atoms with Gasteiger partial charge in [0.15, 0.2) is 0 Å². The molecule has 1 heterocycles. The Kier molecular flexibility index (Phi) is 4.76. The van der Waals surface area contributed by atoms with E-state index in [1.165, 1.54) is 6.07 Å². The molecule has 19 heavy (non-hydrogen) atoms. The molecule has 0 atom stereocenters. The highest BCUT2D eigenvalue weighted by atomic mass is 35.5. The van der Waals surface area contributed by atoms with Crippen molar-refractivity contribution in [1.82, 2.24) is 4.98 Å². The molecule has 4 nitrogen and oxygen atoms in total. The zero-order valence-corrected chi connectivity index (χ0v) is 12.5. The lowest BCUT2D eigenvalue weighted by Gasteiger charge is -2.29. The van der Waals surface area contributed by atoms with Crippen molar-refractivity contribution < 1.29 is 4.79 Å². The Morgan fingerprint density at radius 3 is 2.53 bits per heavy atom. The van der Waals surface area contributed by atoms with Crippen LogP contribution in [-0.2, 0) is 4.79 Å². The van der Waals surface area contributed by atoms with Crippen molar-refractivity contribution in [1.29, 1.82) is 0 Å². The lowest BCUT2D eigenvalue weighted by atomic mass is 10.2. The molecule has 2 rings (SSSR count). The number of carbonyl (C=O) groups excluding carboxylic acids is 1. The molecule has 104 valence electrons. The third kappa shape index (κ3) is 3.44. The number of hydrogen-bond donors (Lipinski definition) is 1. The van der Waals surface area contributed by atoms with Gasteiger partial charge in [-0.1, -0.05) is 47.6 Å². The molecule has 1 saturated carbocycles. The first-order chi connectivity index (χ1) is 8.99. The minimum absolute atomic E-state index is 0.0787. The molecule has 0 radical (unpaired) electrons. The summed E-state index contributed by atoms with van der Waals surface area (Å²) in [5.74, 6) is 0.0533. The van der Waals surface area contributed by atoms with Crippen LogP contribution in [0, 0.1) is 0 Å². The number of aromatic nitrogens is 1. The third-order valence-corrected chi connectivity index (χ3v) is 4.18. The highest BCUT2D eigenvalue weighted by molar-refractivity contribution is 6.43. The van der Waals surface area contributed by atoms with Gasteiger partial charge in [0.2, 0.25) is 5.91 Å².